The molecule has 18 heavy (non-hydrogen) atoms. The van der Waals surface area contributed by atoms with Crippen molar-refractivity contribution in [3.05, 3.63) is 17.5 Å². The molecule has 1 heterocycles. The van der Waals surface area contributed by atoms with Crippen molar-refractivity contribution in [2.45, 2.75) is 58.3 Å². The third-order valence-electron chi connectivity index (χ3n) is 3.73. The highest BCUT2D eigenvalue weighted by Crippen LogP contribution is 2.22. The summed E-state index contributed by atoms with van der Waals surface area (Å²) < 4.78 is 7.92. The Hall–Kier alpha value is -0.870. The quantitative estimate of drug-likeness (QED) is 0.871. The van der Waals surface area contributed by atoms with Crippen LogP contribution in [0.4, 0.5) is 0 Å². The van der Waals surface area contributed by atoms with Gasteiger partial charge in [-0.25, -0.2) is 0 Å². The third kappa shape index (κ3) is 3.56. The topological polar surface area (TPSA) is 39.1 Å². The lowest BCUT2D eigenvalue weighted by Crippen LogP contribution is -2.35. The molecule has 0 radical (unpaired) electrons. The maximum Gasteiger partial charge on any atom is 0.0888 e. The van der Waals surface area contributed by atoms with E-state index in [0.717, 1.165) is 12.2 Å². The van der Waals surface area contributed by atoms with Crippen LogP contribution in [-0.4, -0.2) is 28.5 Å². The molecule has 1 aliphatic rings. The first-order valence-electron chi connectivity index (χ1n) is 7.03. The lowest BCUT2D eigenvalue weighted by atomic mass is 9.93. The first kappa shape index (κ1) is 13.6. The van der Waals surface area contributed by atoms with Crippen molar-refractivity contribution in [3.63, 3.8) is 0 Å². The van der Waals surface area contributed by atoms with Gasteiger partial charge in [-0.3, -0.25) is 4.68 Å². The minimum atomic E-state index is 0.426. The van der Waals surface area contributed by atoms with Gasteiger partial charge in [0, 0.05) is 13.1 Å². The molecule has 2 rings (SSSR count). The first-order chi connectivity index (χ1) is 8.69. The van der Waals surface area contributed by atoms with Crippen LogP contribution in [0.15, 0.2) is 6.07 Å². The van der Waals surface area contributed by atoms with Gasteiger partial charge in [0.15, 0.2) is 0 Å². The monoisotopic (exact) mass is 251 g/mol. The second-order valence-corrected chi connectivity index (χ2v) is 5.24. The zero-order chi connectivity index (χ0) is 13.0. The van der Waals surface area contributed by atoms with Crippen LogP contribution in [0.1, 0.15) is 44.0 Å². The normalized spacial score (nSPS) is 24.4. The summed E-state index contributed by atoms with van der Waals surface area (Å²) in [5.74, 6) is 0. The maximum atomic E-state index is 6.00. The summed E-state index contributed by atoms with van der Waals surface area (Å²) in [7, 11) is 1.98. The van der Waals surface area contributed by atoms with Crippen molar-refractivity contribution in [1.82, 2.24) is 15.1 Å². The van der Waals surface area contributed by atoms with Gasteiger partial charge in [0.1, 0.15) is 0 Å². The fraction of sp³-hybridized carbons (Fsp3) is 0.786. The van der Waals surface area contributed by atoms with Crippen molar-refractivity contribution in [2.24, 2.45) is 7.05 Å². The number of nitrogens with zero attached hydrogens (tertiary/aromatic N) is 2. The molecule has 0 spiro atoms. The van der Waals surface area contributed by atoms with E-state index in [2.05, 4.69) is 23.4 Å². The highest BCUT2D eigenvalue weighted by atomic mass is 16.5. The Morgan fingerprint density at radius 2 is 2.11 bits per heavy atom. The fourth-order valence-electron chi connectivity index (χ4n) is 2.72. The zero-order valence-corrected chi connectivity index (χ0v) is 11.8. The lowest BCUT2D eigenvalue weighted by Gasteiger charge is -2.28. The van der Waals surface area contributed by atoms with Crippen LogP contribution in [0.3, 0.4) is 0 Å². The molecule has 1 aromatic rings. The number of ether oxygens (including phenoxy) is 1. The van der Waals surface area contributed by atoms with Crippen LogP contribution in [-0.2, 0) is 18.4 Å². The van der Waals surface area contributed by atoms with Crippen molar-refractivity contribution < 1.29 is 4.74 Å². The van der Waals surface area contributed by atoms with Crippen LogP contribution in [0.2, 0.25) is 0 Å². The van der Waals surface area contributed by atoms with Gasteiger partial charge in [0.05, 0.1) is 24.1 Å². The number of aromatic nitrogens is 2. The van der Waals surface area contributed by atoms with E-state index in [0.29, 0.717) is 18.8 Å². The zero-order valence-electron chi connectivity index (χ0n) is 11.8. The molecule has 0 bridgehead atoms. The summed E-state index contributed by atoms with van der Waals surface area (Å²) in [6.07, 6.45) is 5.25. The van der Waals surface area contributed by atoms with Gasteiger partial charge in [-0.2, -0.15) is 5.10 Å². The SMILES string of the molecule is CCNC1CCC(OCc2cc(C)nn2C)CC1. The molecule has 1 saturated carbocycles. The minimum Gasteiger partial charge on any atom is -0.372 e. The summed E-state index contributed by atoms with van der Waals surface area (Å²) in [5, 5.41) is 7.86. The second-order valence-electron chi connectivity index (χ2n) is 5.24. The first-order valence-corrected chi connectivity index (χ1v) is 7.03. The maximum absolute atomic E-state index is 6.00. The van der Waals surface area contributed by atoms with Crippen molar-refractivity contribution in [3.8, 4) is 0 Å². The minimum absolute atomic E-state index is 0.426. The van der Waals surface area contributed by atoms with E-state index in [1.807, 2.05) is 18.7 Å². The summed E-state index contributed by atoms with van der Waals surface area (Å²) in [4.78, 5) is 0. The predicted molar refractivity (Wildman–Crippen MR) is 72.5 cm³/mol. The largest absolute Gasteiger partial charge is 0.372 e. The van der Waals surface area contributed by atoms with E-state index in [-0.39, 0.29) is 0 Å². The van der Waals surface area contributed by atoms with Gasteiger partial charge in [0.25, 0.3) is 0 Å². The molecule has 1 N–H and O–H groups in total. The van der Waals surface area contributed by atoms with Crippen LogP contribution in [0.5, 0.6) is 0 Å². The highest BCUT2D eigenvalue weighted by molar-refractivity contribution is 5.07. The van der Waals surface area contributed by atoms with E-state index in [9.17, 15) is 0 Å². The summed E-state index contributed by atoms with van der Waals surface area (Å²) >= 11 is 0. The Kier molecular flexibility index (Phi) is 4.78. The molecule has 102 valence electrons. The Morgan fingerprint density at radius 1 is 1.39 bits per heavy atom. The van der Waals surface area contributed by atoms with Gasteiger partial charge in [-0.15, -0.1) is 0 Å². The van der Waals surface area contributed by atoms with Gasteiger partial charge in [-0.1, -0.05) is 6.92 Å². The van der Waals surface area contributed by atoms with E-state index >= 15 is 0 Å². The summed E-state index contributed by atoms with van der Waals surface area (Å²) in [6.45, 7) is 5.96. The second kappa shape index (κ2) is 6.34. The van der Waals surface area contributed by atoms with Crippen LogP contribution in [0.25, 0.3) is 0 Å². The molecule has 0 aliphatic heterocycles. The average Bonchev–Trinajstić information content (AvgIpc) is 2.67. The number of nitrogens with one attached hydrogen (secondary N) is 1. The number of aryl methyl sites for hydroxylation is 2. The van der Waals surface area contributed by atoms with Crippen LogP contribution >= 0.6 is 0 Å². The van der Waals surface area contributed by atoms with Crippen LogP contribution < -0.4 is 5.32 Å². The molecule has 1 aliphatic carbocycles. The molecule has 4 heteroatoms. The molecular formula is C14H25N3O. The Labute approximate surface area is 110 Å². The standard InChI is InChI=1S/C14H25N3O/c1-4-15-12-5-7-14(8-6-12)18-10-13-9-11(2)16-17(13)3/h9,12,14-15H,4-8,10H2,1-3H3. The molecule has 0 saturated heterocycles. The molecule has 4 nitrogen and oxygen atoms in total. The van der Waals surface area contributed by atoms with Gasteiger partial charge in [0.2, 0.25) is 0 Å². The molecule has 1 aromatic heterocycles. The molecule has 0 amide bonds. The van der Waals surface area contributed by atoms with Gasteiger partial charge in [-0.05, 0) is 45.2 Å². The van der Waals surface area contributed by atoms with Crippen LogP contribution in [0, 0.1) is 6.92 Å². The van der Waals surface area contributed by atoms with E-state index < -0.39 is 0 Å². The van der Waals surface area contributed by atoms with Gasteiger partial charge < -0.3 is 10.1 Å². The third-order valence-corrected chi connectivity index (χ3v) is 3.73. The smallest absolute Gasteiger partial charge is 0.0888 e. The summed E-state index contributed by atoms with van der Waals surface area (Å²) in [5.41, 5.74) is 2.23. The van der Waals surface area contributed by atoms with E-state index in [1.54, 1.807) is 0 Å². The van der Waals surface area contributed by atoms with Crippen molar-refractivity contribution >= 4 is 0 Å². The Balaban J connectivity index is 1.74. The Morgan fingerprint density at radius 3 is 2.67 bits per heavy atom. The Bertz CT molecular complexity index is 367. The molecule has 1 fully saturated rings. The van der Waals surface area contributed by atoms with Crippen molar-refractivity contribution in [1.29, 1.82) is 0 Å². The fourth-order valence-corrected chi connectivity index (χ4v) is 2.72. The molecule has 0 atom stereocenters. The molecule has 0 aromatic carbocycles. The molecule has 0 unspecified atom stereocenters. The number of rotatable bonds is 5. The predicted octanol–water partition coefficient (Wildman–Crippen LogP) is 2.17. The van der Waals surface area contributed by atoms with Gasteiger partial charge >= 0.3 is 0 Å². The number of hydrogen-bond donors (Lipinski definition) is 1. The number of hydrogen-bond acceptors (Lipinski definition) is 3. The summed E-state index contributed by atoms with van der Waals surface area (Å²) in [6, 6.07) is 2.80. The molecular weight excluding hydrogens is 226 g/mol. The van der Waals surface area contributed by atoms with E-state index in [4.69, 9.17) is 4.74 Å². The van der Waals surface area contributed by atoms with Crippen molar-refractivity contribution in [2.75, 3.05) is 6.54 Å². The highest BCUT2D eigenvalue weighted by Gasteiger charge is 2.21. The van der Waals surface area contributed by atoms with E-state index in [1.165, 1.54) is 31.4 Å². The lowest BCUT2D eigenvalue weighted by molar-refractivity contribution is 0.00863. The average molecular weight is 251 g/mol.